The molecule has 0 radical (unpaired) electrons. The minimum Gasteiger partial charge on any atom is -0.308 e. The normalized spacial score (nSPS) is 11.5. The lowest BCUT2D eigenvalue weighted by Gasteiger charge is -2.14. The minimum absolute atomic E-state index is 0.128. The van der Waals surface area contributed by atoms with Crippen molar-refractivity contribution in [2.75, 3.05) is 0 Å². The Morgan fingerprint density at radius 3 is 0.931 bits per heavy atom. The highest BCUT2D eigenvalue weighted by molar-refractivity contribution is 7.91. The van der Waals surface area contributed by atoms with Gasteiger partial charge in [0.2, 0.25) is 9.84 Å². The van der Waals surface area contributed by atoms with Gasteiger partial charge in [-0.25, -0.2) is 8.42 Å². The van der Waals surface area contributed by atoms with E-state index in [4.69, 9.17) is 0 Å². The van der Waals surface area contributed by atoms with Gasteiger partial charge in [-0.05, 0) is 140 Å². The first-order valence-electron chi connectivity index (χ1n) is 23.6. The fourth-order valence-corrected chi connectivity index (χ4v) is 11.6. The average molecular weight is 939 g/mol. The van der Waals surface area contributed by atoms with Crippen LogP contribution >= 0.6 is 0 Å². The van der Waals surface area contributed by atoms with Crippen LogP contribution in [0.5, 0.6) is 0 Å². The Bertz CT molecular complexity index is 4460. The van der Waals surface area contributed by atoms with Crippen molar-refractivity contribution in [2.45, 2.75) is 9.79 Å². The minimum atomic E-state index is -3.89. The van der Waals surface area contributed by atoms with Crippen molar-refractivity contribution in [3.05, 3.63) is 258 Å². The van der Waals surface area contributed by atoms with E-state index >= 15 is 0 Å². The summed E-state index contributed by atoms with van der Waals surface area (Å²) in [6, 6.07) is 78.1. The molecule has 6 nitrogen and oxygen atoms in total. The van der Waals surface area contributed by atoms with Gasteiger partial charge in [-0.3, -0.25) is 0 Å². The Kier molecular flexibility index (Phi) is 9.97. The number of aromatic nitrogens is 3. The standard InChI is InChI=1S/C65H38N4O2S/c66-43-48-31-39-52(40-32-48)72(70,71)53-41-37-51(38-42-53)69-59-22-12-9-19-56(59)62-64-60(54-17-7-10-20-57(54)67(64)49-33-27-46(28-34-49)25-23-44-13-3-1-4-14-44)63-61(65(62)69)55-18-8-11-21-58(55)68(63)50-35-29-47(30-36-50)26-24-45-15-5-2-6-16-45/h1-22,27-42H. The number of hydrogen-bond acceptors (Lipinski definition) is 3. The van der Waals surface area contributed by atoms with Gasteiger partial charge in [0.05, 0.1) is 54.5 Å². The van der Waals surface area contributed by atoms with Gasteiger partial charge in [-0.1, -0.05) is 115 Å². The molecule has 0 fully saturated rings. The van der Waals surface area contributed by atoms with E-state index in [0.717, 1.165) is 105 Å². The molecule has 0 saturated carbocycles. The molecular weight excluding hydrogens is 901 g/mol. The fourth-order valence-electron chi connectivity index (χ4n) is 10.3. The second kappa shape index (κ2) is 17.0. The summed E-state index contributed by atoms with van der Waals surface area (Å²) in [5.74, 6) is 13.4. The summed E-state index contributed by atoms with van der Waals surface area (Å²) < 4.78 is 35.2. The van der Waals surface area contributed by atoms with Crippen LogP contribution in [-0.4, -0.2) is 22.1 Å². The summed E-state index contributed by atoms with van der Waals surface area (Å²) >= 11 is 0. The van der Waals surface area contributed by atoms with Gasteiger partial charge in [0.15, 0.2) is 0 Å². The fraction of sp³-hybridized carbons (Fsp3) is 0. The van der Waals surface area contributed by atoms with Gasteiger partial charge in [0.1, 0.15) is 0 Å². The summed E-state index contributed by atoms with van der Waals surface area (Å²) in [7, 11) is -3.89. The predicted molar refractivity (Wildman–Crippen MR) is 291 cm³/mol. The van der Waals surface area contributed by atoms with E-state index in [2.05, 4.69) is 165 Å². The maximum Gasteiger partial charge on any atom is 0.206 e. The van der Waals surface area contributed by atoms with Crippen molar-refractivity contribution < 1.29 is 8.42 Å². The van der Waals surface area contributed by atoms with Crippen molar-refractivity contribution in [1.82, 2.24) is 13.7 Å². The molecule has 0 amide bonds. The first-order chi connectivity index (χ1) is 35.4. The molecule has 10 aromatic carbocycles. The zero-order valence-corrected chi connectivity index (χ0v) is 39.3. The number of para-hydroxylation sites is 3. The molecule has 0 atom stereocenters. The molecule has 0 saturated heterocycles. The maximum atomic E-state index is 14.1. The largest absolute Gasteiger partial charge is 0.308 e. The number of nitriles is 1. The zero-order valence-electron chi connectivity index (χ0n) is 38.5. The van der Waals surface area contributed by atoms with Gasteiger partial charge in [0.25, 0.3) is 0 Å². The van der Waals surface area contributed by atoms with Crippen LogP contribution in [0.2, 0.25) is 0 Å². The molecule has 13 aromatic rings. The molecule has 0 spiro atoms. The van der Waals surface area contributed by atoms with E-state index in [1.165, 1.54) is 24.3 Å². The maximum absolute atomic E-state index is 14.1. The van der Waals surface area contributed by atoms with Crippen molar-refractivity contribution in [3.8, 4) is 46.8 Å². The molecule has 0 aliphatic heterocycles. The highest BCUT2D eigenvalue weighted by Gasteiger charge is 2.29. The highest BCUT2D eigenvalue weighted by atomic mass is 32.2. The second-order valence-corrected chi connectivity index (χ2v) is 19.6. The molecule has 72 heavy (non-hydrogen) atoms. The number of nitrogens with zero attached hydrogens (tertiary/aromatic N) is 4. The second-order valence-electron chi connectivity index (χ2n) is 17.7. The van der Waals surface area contributed by atoms with E-state index < -0.39 is 9.84 Å². The van der Waals surface area contributed by atoms with Crippen molar-refractivity contribution in [2.24, 2.45) is 0 Å². The molecule has 13 rings (SSSR count). The smallest absolute Gasteiger partial charge is 0.206 e. The first-order valence-corrected chi connectivity index (χ1v) is 25.0. The molecule has 0 N–H and O–H groups in total. The molecule has 336 valence electrons. The molecule has 0 aliphatic carbocycles. The third kappa shape index (κ3) is 6.86. The van der Waals surface area contributed by atoms with Crippen LogP contribution in [0.15, 0.2) is 240 Å². The lowest BCUT2D eigenvalue weighted by atomic mass is 10.0. The van der Waals surface area contributed by atoms with E-state index in [0.29, 0.717) is 5.56 Å². The van der Waals surface area contributed by atoms with E-state index in [-0.39, 0.29) is 9.79 Å². The van der Waals surface area contributed by atoms with E-state index in [1.54, 1.807) is 12.1 Å². The Labute approximate surface area is 415 Å². The Morgan fingerprint density at radius 2 is 0.583 bits per heavy atom. The molecule has 0 bridgehead atoms. The summed E-state index contributed by atoms with van der Waals surface area (Å²) in [6.45, 7) is 0. The SMILES string of the molecule is N#Cc1ccc(S(=O)(=O)c2ccc(-n3c4ccccc4c4c5c(c6ccccc6n5-c5ccc(C#Cc6ccccc6)cc5)c5c(c6ccccc6n5-c5ccc(C#Cc6ccccc6)cc5)c43)cc2)cc1. The van der Waals surface area contributed by atoms with Gasteiger partial charge < -0.3 is 13.7 Å². The highest BCUT2D eigenvalue weighted by Crippen LogP contribution is 2.50. The summed E-state index contributed by atoms with van der Waals surface area (Å²) in [4.78, 5) is 0.290. The number of rotatable bonds is 5. The number of sulfone groups is 1. The lowest BCUT2D eigenvalue weighted by Crippen LogP contribution is -2.03. The predicted octanol–water partition coefficient (Wildman–Crippen LogP) is 14.5. The van der Waals surface area contributed by atoms with E-state index in [9.17, 15) is 13.7 Å². The van der Waals surface area contributed by atoms with Crippen LogP contribution in [0.25, 0.3) is 82.5 Å². The topological polar surface area (TPSA) is 72.7 Å². The monoisotopic (exact) mass is 938 g/mol. The van der Waals surface area contributed by atoms with Gasteiger partial charge in [-0.15, -0.1) is 0 Å². The van der Waals surface area contributed by atoms with E-state index in [1.807, 2.05) is 72.8 Å². The van der Waals surface area contributed by atoms with Crippen LogP contribution < -0.4 is 0 Å². The molecular formula is C65H38N4O2S. The average Bonchev–Trinajstić information content (AvgIpc) is 4.09. The van der Waals surface area contributed by atoms with Crippen molar-refractivity contribution in [1.29, 1.82) is 5.26 Å². The molecule has 7 heteroatoms. The van der Waals surface area contributed by atoms with Crippen LogP contribution in [0.4, 0.5) is 0 Å². The van der Waals surface area contributed by atoms with Crippen LogP contribution in [0.1, 0.15) is 27.8 Å². The summed E-state index contributed by atoms with van der Waals surface area (Å²) in [5.41, 5.74) is 13.1. The van der Waals surface area contributed by atoms with Gasteiger partial charge >= 0.3 is 0 Å². The third-order valence-electron chi connectivity index (χ3n) is 13.5. The first kappa shape index (κ1) is 42.3. The Hall–Kier alpha value is -9.84. The molecule has 3 heterocycles. The van der Waals surface area contributed by atoms with Crippen LogP contribution in [0.3, 0.4) is 0 Å². The van der Waals surface area contributed by atoms with Crippen molar-refractivity contribution in [3.63, 3.8) is 0 Å². The Morgan fingerprint density at radius 1 is 0.306 bits per heavy atom. The number of benzene rings is 10. The number of fused-ring (bicyclic) bond motifs is 12. The number of hydrogen-bond donors (Lipinski definition) is 0. The van der Waals surface area contributed by atoms with Crippen molar-refractivity contribution >= 4 is 75.3 Å². The Balaban J connectivity index is 1.13. The molecule has 0 aliphatic rings. The van der Waals surface area contributed by atoms with Gasteiger partial charge in [-0.2, -0.15) is 5.26 Å². The third-order valence-corrected chi connectivity index (χ3v) is 15.3. The quantitative estimate of drug-likeness (QED) is 0.161. The lowest BCUT2D eigenvalue weighted by molar-refractivity contribution is 0.596. The van der Waals surface area contributed by atoms with Crippen LogP contribution in [-0.2, 0) is 9.84 Å². The molecule has 0 unspecified atom stereocenters. The summed E-state index contributed by atoms with van der Waals surface area (Å²) in [5, 5.41) is 15.9. The summed E-state index contributed by atoms with van der Waals surface area (Å²) in [6.07, 6.45) is 0. The van der Waals surface area contributed by atoms with Crippen LogP contribution in [0, 0.1) is 35.0 Å². The molecule has 3 aromatic heterocycles. The zero-order chi connectivity index (χ0) is 48.3. The van der Waals surface area contributed by atoms with Gasteiger partial charge in [0, 0.05) is 71.6 Å².